The van der Waals surface area contributed by atoms with Crippen LogP contribution in [0.2, 0.25) is 0 Å². The monoisotopic (exact) mass is 374 g/mol. The van der Waals surface area contributed by atoms with Gasteiger partial charge in [-0.2, -0.15) is 5.10 Å². The molecule has 0 saturated carbocycles. The topological polar surface area (TPSA) is 79.5 Å². The second kappa shape index (κ2) is 8.08. The molecule has 2 N–H and O–H groups in total. The summed E-state index contributed by atoms with van der Waals surface area (Å²) in [6.07, 6.45) is 6.06. The third kappa shape index (κ3) is 3.81. The van der Waals surface area contributed by atoms with E-state index in [0.717, 1.165) is 53.1 Å². The second-order valence-electron chi connectivity index (χ2n) is 6.79. The molecule has 28 heavy (non-hydrogen) atoms. The maximum absolute atomic E-state index is 12.7. The number of benzene rings is 1. The van der Waals surface area contributed by atoms with E-state index in [0.29, 0.717) is 12.3 Å². The van der Waals surface area contributed by atoms with E-state index < -0.39 is 0 Å². The average molecular weight is 374 g/mol. The number of hydrogen-bond donors (Lipinski definition) is 2. The Morgan fingerprint density at radius 1 is 1.18 bits per heavy atom. The highest BCUT2D eigenvalue weighted by Gasteiger charge is 2.27. The Hall–Kier alpha value is -3.41. The summed E-state index contributed by atoms with van der Waals surface area (Å²) in [5, 5.41) is 7.50. The number of hydrogen-bond acceptors (Lipinski definition) is 5. The number of nitrogens with one attached hydrogen (secondary N) is 2. The number of hydrazone groups is 1. The van der Waals surface area contributed by atoms with Crippen LogP contribution in [-0.2, 0) is 13.0 Å². The minimum Gasteiger partial charge on any atom is -0.455 e. The maximum Gasteiger partial charge on any atom is 0.287 e. The molecule has 6 nitrogen and oxygen atoms in total. The third-order valence-electron chi connectivity index (χ3n) is 4.80. The number of aryl methyl sites for hydroxylation is 1. The number of carbonyl (C=O) groups is 1. The molecule has 2 aromatic heterocycles. The zero-order valence-electron chi connectivity index (χ0n) is 15.7. The van der Waals surface area contributed by atoms with Gasteiger partial charge in [-0.25, -0.2) is 0 Å². The first kappa shape index (κ1) is 18.0. The Balaban J connectivity index is 1.54. The van der Waals surface area contributed by atoms with Crippen molar-refractivity contribution in [2.24, 2.45) is 5.10 Å². The van der Waals surface area contributed by atoms with Crippen LogP contribution in [0.15, 0.2) is 64.4 Å². The Morgan fingerprint density at radius 2 is 2.04 bits per heavy atom. The Kier molecular flexibility index (Phi) is 5.19. The summed E-state index contributed by atoms with van der Waals surface area (Å²) in [5.41, 5.74) is 7.71. The van der Waals surface area contributed by atoms with E-state index in [4.69, 9.17) is 4.42 Å². The molecule has 2 heterocycles. The second-order valence-corrected chi connectivity index (χ2v) is 6.79. The highest BCUT2D eigenvalue weighted by Crippen LogP contribution is 2.30. The minimum absolute atomic E-state index is 0.217. The third-order valence-corrected chi connectivity index (χ3v) is 4.80. The van der Waals surface area contributed by atoms with Crippen LogP contribution in [0.1, 0.15) is 45.8 Å². The number of carbonyl (C=O) groups excluding carboxylic acids is 1. The van der Waals surface area contributed by atoms with Gasteiger partial charge in [0.1, 0.15) is 5.76 Å². The van der Waals surface area contributed by atoms with Gasteiger partial charge in [-0.1, -0.05) is 24.3 Å². The molecule has 4 rings (SSSR count). The number of para-hydroxylation sites is 1. The van der Waals surface area contributed by atoms with Crippen LogP contribution in [0.25, 0.3) is 0 Å². The molecule has 1 aliphatic carbocycles. The Morgan fingerprint density at radius 3 is 2.82 bits per heavy atom. The van der Waals surface area contributed by atoms with Crippen molar-refractivity contribution in [2.75, 3.05) is 5.43 Å². The molecule has 0 aliphatic heterocycles. The summed E-state index contributed by atoms with van der Waals surface area (Å²) in [6, 6.07) is 13.6. The van der Waals surface area contributed by atoms with Gasteiger partial charge in [-0.3, -0.25) is 15.2 Å². The molecule has 0 radical (unpaired) electrons. The normalized spacial score (nSPS) is 14.5. The number of furan rings is 1. The van der Waals surface area contributed by atoms with Crippen molar-refractivity contribution >= 4 is 17.3 Å². The van der Waals surface area contributed by atoms with Crippen molar-refractivity contribution in [3.8, 4) is 0 Å². The quantitative estimate of drug-likeness (QED) is 0.660. The molecule has 0 atom stereocenters. The fourth-order valence-corrected chi connectivity index (χ4v) is 3.41. The molecule has 0 fully saturated rings. The lowest BCUT2D eigenvalue weighted by Crippen LogP contribution is -2.23. The van der Waals surface area contributed by atoms with Crippen molar-refractivity contribution < 1.29 is 9.21 Å². The van der Waals surface area contributed by atoms with Crippen LogP contribution < -0.4 is 10.7 Å². The number of aromatic nitrogens is 1. The zero-order chi connectivity index (χ0) is 19.3. The van der Waals surface area contributed by atoms with E-state index in [-0.39, 0.29) is 5.91 Å². The Labute approximate surface area is 163 Å². The van der Waals surface area contributed by atoms with E-state index >= 15 is 0 Å². The lowest BCUT2D eigenvalue weighted by atomic mass is 9.93. The number of amides is 1. The number of rotatable bonds is 5. The summed E-state index contributed by atoms with van der Waals surface area (Å²) in [7, 11) is 0. The number of pyridine rings is 1. The molecule has 0 bridgehead atoms. The van der Waals surface area contributed by atoms with Gasteiger partial charge in [-0.05, 0) is 43.5 Å². The highest BCUT2D eigenvalue weighted by atomic mass is 16.4. The van der Waals surface area contributed by atoms with E-state index in [9.17, 15) is 4.79 Å². The minimum atomic E-state index is -0.217. The lowest BCUT2D eigenvalue weighted by molar-refractivity contribution is 0.0920. The molecule has 142 valence electrons. The lowest BCUT2D eigenvalue weighted by Gasteiger charge is -2.13. The summed E-state index contributed by atoms with van der Waals surface area (Å²) in [6.45, 7) is 2.33. The van der Waals surface area contributed by atoms with Gasteiger partial charge in [0.05, 0.1) is 11.4 Å². The van der Waals surface area contributed by atoms with Crippen molar-refractivity contribution in [1.29, 1.82) is 0 Å². The summed E-state index contributed by atoms with van der Waals surface area (Å²) in [5.74, 6) is 0.984. The van der Waals surface area contributed by atoms with Crippen molar-refractivity contribution in [3.63, 3.8) is 0 Å². The van der Waals surface area contributed by atoms with Gasteiger partial charge in [0.25, 0.3) is 5.91 Å². The molecule has 1 aliphatic rings. The van der Waals surface area contributed by atoms with Crippen LogP contribution >= 0.6 is 0 Å². The van der Waals surface area contributed by atoms with Crippen LogP contribution in [0.5, 0.6) is 0 Å². The molecule has 0 saturated heterocycles. The summed E-state index contributed by atoms with van der Waals surface area (Å²) < 4.78 is 5.93. The molecule has 6 heteroatoms. The SMILES string of the molecule is Cc1c(C(=O)NCc2cccnc2)oc2c1/C(=N/Nc1ccccc1)CCC2. The van der Waals surface area contributed by atoms with Gasteiger partial charge < -0.3 is 9.73 Å². The molecule has 3 aromatic rings. The zero-order valence-corrected chi connectivity index (χ0v) is 15.7. The van der Waals surface area contributed by atoms with Crippen molar-refractivity contribution in [3.05, 3.63) is 83.1 Å². The maximum atomic E-state index is 12.7. The van der Waals surface area contributed by atoms with Crippen LogP contribution in [0.3, 0.4) is 0 Å². The Bertz CT molecular complexity index is 994. The van der Waals surface area contributed by atoms with Gasteiger partial charge >= 0.3 is 0 Å². The van der Waals surface area contributed by atoms with Crippen LogP contribution in [-0.4, -0.2) is 16.6 Å². The first-order valence-electron chi connectivity index (χ1n) is 9.39. The fraction of sp³-hybridized carbons (Fsp3) is 0.227. The summed E-state index contributed by atoms with van der Waals surface area (Å²) in [4.78, 5) is 16.7. The molecule has 0 spiro atoms. The van der Waals surface area contributed by atoms with E-state index in [1.54, 1.807) is 12.4 Å². The standard InChI is InChI=1S/C22H22N4O2/c1-15-20-18(26-25-17-8-3-2-4-9-17)10-5-11-19(20)28-21(15)22(27)24-14-16-7-6-12-23-13-16/h2-4,6-9,12-13,25H,5,10-11,14H2,1H3,(H,24,27)/b26-18+. The molecule has 1 amide bonds. The first-order valence-corrected chi connectivity index (χ1v) is 9.39. The van der Waals surface area contributed by atoms with Gasteiger partial charge in [0, 0.05) is 36.5 Å². The predicted molar refractivity (Wildman–Crippen MR) is 108 cm³/mol. The highest BCUT2D eigenvalue weighted by molar-refractivity contribution is 6.06. The summed E-state index contributed by atoms with van der Waals surface area (Å²) >= 11 is 0. The smallest absolute Gasteiger partial charge is 0.287 e. The molecular weight excluding hydrogens is 352 g/mol. The first-order chi connectivity index (χ1) is 13.7. The van der Waals surface area contributed by atoms with Gasteiger partial charge in [-0.15, -0.1) is 0 Å². The van der Waals surface area contributed by atoms with Crippen LogP contribution in [0, 0.1) is 6.92 Å². The molecule has 0 unspecified atom stereocenters. The van der Waals surface area contributed by atoms with E-state index in [1.807, 2.05) is 49.4 Å². The number of fused-ring (bicyclic) bond motifs is 1. The van der Waals surface area contributed by atoms with Gasteiger partial charge in [0.2, 0.25) is 0 Å². The van der Waals surface area contributed by atoms with Gasteiger partial charge in [0.15, 0.2) is 5.76 Å². The van der Waals surface area contributed by atoms with Crippen LogP contribution in [0.4, 0.5) is 5.69 Å². The van der Waals surface area contributed by atoms with E-state index in [1.165, 1.54) is 0 Å². The fourth-order valence-electron chi connectivity index (χ4n) is 3.41. The molecular formula is C22H22N4O2. The average Bonchev–Trinajstić information content (AvgIpc) is 3.09. The predicted octanol–water partition coefficient (Wildman–Crippen LogP) is 4.07. The van der Waals surface area contributed by atoms with E-state index in [2.05, 4.69) is 20.8 Å². The number of nitrogens with zero attached hydrogens (tertiary/aromatic N) is 2. The number of anilines is 1. The van der Waals surface area contributed by atoms with Crippen molar-refractivity contribution in [2.45, 2.75) is 32.7 Å². The molecule has 1 aromatic carbocycles. The van der Waals surface area contributed by atoms with Crippen molar-refractivity contribution in [1.82, 2.24) is 10.3 Å². The largest absolute Gasteiger partial charge is 0.455 e.